The third-order valence-electron chi connectivity index (χ3n) is 6.87. The number of carboxylic acid groups (broad SMARTS) is 2. The highest BCUT2D eigenvalue weighted by molar-refractivity contribution is 5.88. The molecule has 1 aliphatic heterocycles. The smallest absolute Gasteiger partial charge is 0.323 e. The van der Waals surface area contributed by atoms with Gasteiger partial charge in [0.05, 0.1) is 24.7 Å². The Labute approximate surface area is 224 Å². The standard InChI is InChI=1S/C19H32N2O5.C6H14N4O2/c1-4-8-14(19(25)26-5-2)20-12(3)17(22)21-15-10-7-6-9-13(15)11-16(21)18(23)24;7-4(5(11)12)2-1-3-10-6(8)9/h12-16,20H,4-11H2,1-3H3,(H,23,24);4H,1-3,7H2,(H,11,12)(H4,8,9,10)/p-1/t12-,13-,14-,15-,16-;4-/m00/s1. The number of nitrogens with zero attached hydrogens (tertiary/aromatic N) is 2. The number of hydrogen-bond donors (Lipinski definition) is 5. The largest absolute Gasteiger partial charge is 0.548 e. The predicted octanol–water partition coefficient (Wildman–Crippen LogP) is -0.942. The lowest BCUT2D eigenvalue weighted by Gasteiger charge is -2.36. The zero-order valence-corrected chi connectivity index (χ0v) is 22.8. The van der Waals surface area contributed by atoms with Crippen molar-refractivity contribution in [3.63, 3.8) is 0 Å². The Bertz CT molecular complexity index is 820. The van der Waals surface area contributed by atoms with Crippen LogP contribution in [0, 0.1) is 5.92 Å². The molecule has 2 aliphatic rings. The predicted molar refractivity (Wildman–Crippen MR) is 139 cm³/mol. The van der Waals surface area contributed by atoms with Crippen molar-refractivity contribution in [2.75, 3.05) is 13.2 Å². The van der Waals surface area contributed by atoms with Crippen LogP contribution in [0.4, 0.5) is 0 Å². The maximum Gasteiger partial charge on any atom is 0.323 e. The van der Waals surface area contributed by atoms with E-state index in [4.69, 9.17) is 27.0 Å². The van der Waals surface area contributed by atoms with Gasteiger partial charge in [0.15, 0.2) is 5.96 Å². The first-order valence-electron chi connectivity index (χ1n) is 13.4. The molecule has 0 spiro atoms. The van der Waals surface area contributed by atoms with Crippen LogP contribution < -0.4 is 27.6 Å². The fourth-order valence-electron chi connectivity index (χ4n) is 5.03. The molecule has 38 heavy (non-hydrogen) atoms. The van der Waals surface area contributed by atoms with Crippen molar-refractivity contribution in [3.8, 4) is 0 Å². The monoisotopic (exact) mass is 541 g/mol. The van der Waals surface area contributed by atoms with E-state index >= 15 is 0 Å². The molecule has 1 aliphatic carbocycles. The molecule has 2 fully saturated rings. The number of guanidine groups is 1. The average Bonchev–Trinajstić information content (AvgIpc) is 3.26. The molecule has 1 amide bonds. The second-order valence-corrected chi connectivity index (χ2v) is 9.80. The number of amides is 1. The number of carbonyl (C=O) groups excluding carboxylic acids is 3. The van der Waals surface area contributed by atoms with Crippen LogP contribution in [0.5, 0.6) is 0 Å². The van der Waals surface area contributed by atoms with Crippen molar-refractivity contribution in [1.29, 1.82) is 0 Å². The summed E-state index contributed by atoms with van der Waals surface area (Å²) >= 11 is 0. The molecule has 8 N–H and O–H groups in total. The molecule has 0 unspecified atom stereocenters. The molecule has 0 aromatic heterocycles. The lowest BCUT2D eigenvalue weighted by atomic mass is 9.84. The van der Waals surface area contributed by atoms with Crippen molar-refractivity contribution in [3.05, 3.63) is 0 Å². The Morgan fingerprint density at radius 1 is 1.16 bits per heavy atom. The molecular formula is C25H45N6O7-. The Balaban J connectivity index is 0.000000508. The van der Waals surface area contributed by atoms with Crippen LogP contribution in [0.2, 0.25) is 0 Å². The highest BCUT2D eigenvalue weighted by Gasteiger charge is 2.46. The normalized spacial score (nSPS) is 22.6. The van der Waals surface area contributed by atoms with Gasteiger partial charge in [-0.1, -0.05) is 26.2 Å². The lowest BCUT2D eigenvalue weighted by Crippen LogP contribution is -2.57. The molecule has 6 atom stereocenters. The number of aliphatic carboxylic acids is 2. The number of rotatable bonds is 13. The molecule has 0 aromatic carbocycles. The second-order valence-electron chi connectivity index (χ2n) is 9.80. The summed E-state index contributed by atoms with van der Waals surface area (Å²) in [4.78, 5) is 52.2. The number of ether oxygens (including phenoxy) is 1. The second kappa shape index (κ2) is 16.8. The van der Waals surface area contributed by atoms with Crippen LogP contribution in [0.25, 0.3) is 0 Å². The molecule has 1 saturated carbocycles. The quantitative estimate of drug-likeness (QED) is 0.0827. The number of fused-ring (bicyclic) bond motifs is 1. The number of nitrogens with two attached hydrogens (primary N) is 3. The maximum absolute atomic E-state index is 13.1. The van der Waals surface area contributed by atoms with Gasteiger partial charge in [-0.05, 0) is 58.3 Å². The topological polar surface area (TPSA) is 226 Å². The Morgan fingerprint density at radius 2 is 1.82 bits per heavy atom. The minimum absolute atomic E-state index is 0.0129. The van der Waals surface area contributed by atoms with Crippen LogP contribution in [0.1, 0.15) is 78.6 Å². The number of hydrogen-bond acceptors (Lipinski definition) is 9. The number of aliphatic imine (C=N–C) groups is 1. The van der Waals surface area contributed by atoms with Gasteiger partial charge >= 0.3 is 11.9 Å². The highest BCUT2D eigenvalue weighted by Crippen LogP contribution is 2.39. The molecule has 0 radical (unpaired) electrons. The minimum Gasteiger partial charge on any atom is -0.548 e. The number of esters is 1. The number of carbonyl (C=O) groups is 4. The van der Waals surface area contributed by atoms with Gasteiger partial charge in [-0.3, -0.25) is 24.7 Å². The summed E-state index contributed by atoms with van der Waals surface area (Å²) in [7, 11) is 0. The van der Waals surface area contributed by atoms with Crippen molar-refractivity contribution in [2.45, 2.75) is 109 Å². The van der Waals surface area contributed by atoms with E-state index < -0.39 is 36.1 Å². The molecule has 13 heteroatoms. The molecule has 1 heterocycles. The maximum atomic E-state index is 13.1. The average molecular weight is 542 g/mol. The first-order chi connectivity index (χ1) is 17.9. The molecule has 0 bridgehead atoms. The van der Waals surface area contributed by atoms with Crippen molar-refractivity contribution in [1.82, 2.24) is 10.2 Å². The van der Waals surface area contributed by atoms with Gasteiger partial charge in [0.1, 0.15) is 12.1 Å². The fraction of sp³-hybridized carbons (Fsp3) is 0.800. The number of nitrogens with one attached hydrogen (secondary N) is 1. The summed E-state index contributed by atoms with van der Waals surface area (Å²) in [5, 5.41) is 23.0. The van der Waals surface area contributed by atoms with Crippen molar-refractivity contribution in [2.24, 2.45) is 28.1 Å². The van der Waals surface area contributed by atoms with E-state index in [1.165, 1.54) is 4.90 Å². The Kier molecular flexibility index (Phi) is 14.6. The third-order valence-corrected chi connectivity index (χ3v) is 6.87. The minimum atomic E-state index is -1.18. The summed E-state index contributed by atoms with van der Waals surface area (Å²) in [6.07, 6.45) is 6.65. The highest BCUT2D eigenvalue weighted by atomic mass is 16.5. The third kappa shape index (κ3) is 10.4. The van der Waals surface area contributed by atoms with E-state index in [1.54, 1.807) is 13.8 Å². The molecular weight excluding hydrogens is 496 g/mol. The van der Waals surface area contributed by atoms with E-state index in [1.807, 2.05) is 6.92 Å². The van der Waals surface area contributed by atoms with E-state index in [2.05, 4.69) is 10.3 Å². The van der Waals surface area contributed by atoms with Gasteiger partial charge in [0.2, 0.25) is 5.91 Å². The fourth-order valence-corrected chi connectivity index (χ4v) is 5.03. The van der Waals surface area contributed by atoms with Gasteiger partial charge in [0.25, 0.3) is 0 Å². The first-order valence-corrected chi connectivity index (χ1v) is 13.4. The van der Waals surface area contributed by atoms with Gasteiger partial charge in [-0.25, -0.2) is 0 Å². The summed E-state index contributed by atoms with van der Waals surface area (Å²) in [6, 6.07) is -2.94. The lowest BCUT2D eigenvalue weighted by molar-refractivity contribution is -0.310. The van der Waals surface area contributed by atoms with Crippen LogP contribution in [-0.2, 0) is 23.9 Å². The molecule has 2 rings (SSSR count). The Morgan fingerprint density at radius 3 is 2.37 bits per heavy atom. The zero-order valence-electron chi connectivity index (χ0n) is 22.8. The zero-order chi connectivity index (χ0) is 28.8. The number of carboxylic acids is 2. The SMILES string of the molecule is CCC[C@H](N[C@@H](C)C(=O)N1[C@H](C(=O)[O-])C[C@@H]2CCCC[C@@H]21)C(=O)OCC.NC(N)=NCCC[C@H](N)C(=O)O. The van der Waals surface area contributed by atoms with Crippen LogP contribution in [0.3, 0.4) is 0 Å². The van der Waals surface area contributed by atoms with Gasteiger partial charge in [-0.2, -0.15) is 0 Å². The van der Waals surface area contributed by atoms with Crippen molar-refractivity contribution >= 4 is 29.8 Å². The molecule has 218 valence electrons. The first kappa shape index (κ1) is 33.1. The summed E-state index contributed by atoms with van der Waals surface area (Å²) < 4.78 is 5.08. The Hall–Kier alpha value is -2.93. The van der Waals surface area contributed by atoms with E-state index in [0.717, 1.165) is 32.1 Å². The molecule has 13 nitrogen and oxygen atoms in total. The van der Waals surface area contributed by atoms with Gasteiger partial charge in [0, 0.05) is 12.6 Å². The van der Waals surface area contributed by atoms with E-state index in [0.29, 0.717) is 32.2 Å². The summed E-state index contributed by atoms with van der Waals surface area (Å²) in [6.45, 7) is 6.09. The van der Waals surface area contributed by atoms with Gasteiger partial charge in [-0.15, -0.1) is 0 Å². The van der Waals surface area contributed by atoms with Crippen LogP contribution in [0.15, 0.2) is 4.99 Å². The van der Waals surface area contributed by atoms with E-state index in [9.17, 15) is 24.3 Å². The number of likely N-dealkylation sites (tertiary alicyclic amines) is 1. The summed E-state index contributed by atoms with van der Waals surface area (Å²) in [5.41, 5.74) is 15.3. The van der Waals surface area contributed by atoms with Crippen LogP contribution in [-0.4, -0.2) is 83.1 Å². The molecule has 1 saturated heterocycles. The molecule has 0 aromatic rings. The summed E-state index contributed by atoms with van der Waals surface area (Å²) in [5.74, 6) is -2.57. The van der Waals surface area contributed by atoms with E-state index in [-0.39, 0.29) is 36.4 Å². The van der Waals surface area contributed by atoms with Crippen LogP contribution >= 0.6 is 0 Å². The van der Waals surface area contributed by atoms with Crippen molar-refractivity contribution < 1.29 is 34.1 Å². The van der Waals surface area contributed by atoms with Gasteiger partial charge < -0.3 is 41.8 Å².